The molecule has 2 saturated carbocycles. The van der Waals surface area contributed by atoms with Crippen molar-refractivity contribution in [1.82, 2.24) is 9.80 Å². The van der Waals surface area contributed by atoms with Crippen molar-refractivity contribution in [3.05, 3.63) is 128 Å². The molecule has 0 aromatic heterocycles. The van der Waals surface area contributed by atoms with Crippen molar-refractivity contribution >= 4 is 66.4 Å². The number of ketones is 1. The summed E-state index contributed by atoms with van der Waals surface area (Å²) in [4.78, 5) is 28.2. The highest BCUT2D eigenvalue weighted by molar-refractivity contribution is 7.93. The lowest BCUT2D eigenvalue weighted by molar-refractivity contribution is 0.0600. The molecule has 8 rings (SSSR count). The number of nitrogens with zero attached hydrogens (tertiary/aromatic N) is 4. The standard InChI is InChI=1S/C24H28ClF2N3O3S.C24H27ClF2N2O4S/c25-21-13-19(6-7-22(21)26)30(15-17-5-4-16(12-23(17)27)24(31)14-28)34(32,33)20-8-10-29(11-9-20)18-2-1-3-18;1-33-24(30)16-5-6-17(23(27)13-16)15-29(19-7-8-22(26)21(25)14-19)34(31,32)20-9-11-28(12-10-20)18-3-2-4-18/h4-7,12-13,18,20H,1-3,8-11,14-15,28H2;5-8,13-14,18,20H,2-4,9-12,15H2,1H3. The largest absolute Gasteiger partial charge is 0.465 e. The summed E-state index contributed by atoms with van der Waals surface area (Å²) in [5.41, 5.74) is 5.96. The van der Waals surface area contributed by atoms with Gasteiger partial charge in [0.15, 0.2) is 5.78 Å². The number of rotatable bonds is 15. The number of halogens is 6. The molecule has 368 valence electrons. The van der Waals surface area contributed by atoms with Gasteiger partial charge in [0.1, 0.15) is 23.3 Å². The van der Waals surface area contributed by atoms with Crippen LogP contribution in [0.15, 0.2) is 72.8 Å². The van der Waals surface area contributed by atoms with Crippen LogP contribution in [-0.4, -0.2) is 101 Å². The zero-order valence-electron chi connectivity index (χ0n) is 37.6. The fourth-order valence-electron chi connectivity index (χ4n) is 9.07. The summed E-state index contributed by atoms with van der Waals surface area (Å²) in [7, 11) is -6.65. The molecule has 68 heavy (non-hydrogen) atoms. The number of anilines is 2. The maximum absolute atomic E-state index is 14.9. The van der Waals surface area contributed by atoms with E-state index in [9.17, 15) is 44.0 Å². The Kier molecular flexibility index (Phi) is 16.8. The number of carbonyl (C=O) groups excluding carboxylic acids is 2. The van der Waals surface area contributed by atoms with Crippen molar-refractivity contribution in [2.24, 2.45) is 5.73 Å². The molecule has 0 amide bonds. The van der Waals surface area contributed by atoms with E-state index in [1.165, 1.54) is 68.5 Å². The van der Waals surface area contributed by atoms with E-state index in [4.69, 9.17) is 28.9 Å². The number of hydrogen-bond donors (Lipinski definition) is 1. The molecule has 4 aliphatic rings. The van der Waals surface area contributed by atoms with Gasteiger partial charge in [-0.15, -0.1) is 0 Å². The molecular formula is C48H55Cl2F4N5O7S2. The van der Waals surface area contributed by atoms with E-state index in [0.717, 1.165) is 58.6 Å². The van der Waals surface area contributed by atoms with Gasteiger partial charge in [-0.25, -0.2) is 39.2 Å². The molecule has 4 fully saturated rings. The quantitative estimate of drug-likeness (QED) is 0.0695. The molecule has 2 N–H and O–H groups in total. The second-order valence-electron chi connectivity index (χ2n) is 17.7. The van der Waals surface area contributed by atoms with Crippen molar-refractivity contribution in [2.75, 3.05) is 48.4 Å². The summed E-state index contributed by atoms with van der Waals surface area (Å²) >= 11 is 11.9. The van der Waals surface area contributed by atoms with Gasteiger partial charge in [-0.2, -0.15) is 0 Å². The van der Waals surface area contributed by atoms with Crippen LogP contribution in [0.4, 0.5) is 28.9 Å². The van der Waals surface area contributed by atoms with E-state index in [1.807, 2.05) is 0 Å². The minimum atomic E-state index is -3.92. The number of ether oxygens (including phenoxy) is 1. The number of esters is 1. The lowest BCUT2D eigenvalue weighted by Gasteiger charge is -2.42. The molecule has 4 aromatic rings. The fraction of sp³-hybridized carbons (Fsp3) is 0.458. The molecule has 0 radical (unpaired) electrons. The van der Waals surface area contributed by atoms with Crippen molar-refractivity contribution in [1.29, 1.82) is 0 Å². The highest BCUT2D eigenvalue weighted by atomic mass is 35.5. The summed E-state index contributed by atoms with van der Waals surface area (Å²) in [5, 5.41) is -1.74. The van der Waals surface area contributed by atoms with Crippen LogP contribution in [0.3, 0.4) is 0 Å². The van der Waals surface area contributed by atoms with Gasteiger partial charge in [-0.3, -0.25) is 13.4 Å². The van der Waals surface area contributed by atoms with Crippen LogP contribution >= 0.6 is 23.2 Å². The predicted molar refractivity (Wildman–Crippen MR) is 255 cm³/mol. The Bertz CT molecular complexity index is 2510. The van der Waals surface area contributed by atoms with E-state index in [2.05, 4.69) is 14.5 Å². The summed E-state index contributed by atoms with van der Waals surface area (Å²) in [6.45, 7) is 1.88. The number of hydrogen-bond acceptors (Lipinski definition) is 10. The first kappa shape index (κ1) is 51.5. The second kappa shape index (κ2) is 22.2. The Morgan fingerprint density at radius 2 is 1.00 bits per heavy atom. The number of sulfonamides is 2. The monoisotopic (exact) mass is 1020 g/mol. The van der Waals surface area contributed by atoms with Gasteiger partial charge in [0, 0.05) is 28.8 Å². The van der Waals surface area contributed by atoms with Crippen molar-refractivity contribution in [3.8, 4) is 0 Å². The Balaban J connectivity index is 0.000000201. The van der Waals surface area contributed by atoms with Crippen molar-refractivity contribution in [3.63, 3.8) is 0 Å². The number of Topliss-reactive ketones (excluding diaryl/α,β-unsaturated/α-hetero) is 1. The fourth-order valence-corrected chi connectivity index (χ4v) is 13.2. The normalized spacial score (nSPS) is 17.9. The number of likely N-dealkylation sites (tertiary alicyclic amines) is 2. The molecule has 2 saturated heterocycles. The van der Waals surface area contributed by atoms with E-state index >= 15 is 0 Å². The number of benzene rings is 4. The first-order valence-corrected chi connectivity index (χ1v) is 26.5. The van der Waals surface area contributed by atoms with Gasteiger partial charge in [-0.1, -0.05) is 54.2 Å². The first-order chi connectivity index (χ1) is 32.4. The van der Waals surface area contributed by atoms with E-state index in [1.54, 1.807) is 0 Å². The van der Waals surface area contributed by atoms with E-state index < -0.39 is 65.6 Å². The van der Waals surface area contributed by atoms with Gasteiger partial charge in [0.25, 0.3) is 0 Å². The zero-order valence-corrected chi connectivity index (χ0v) is 40.7. The topological polar surface area (TPSA) is 151 Å². The van der Waals surface area contributed by atoms with Crippen molar-refractivity contribution < 1.29 is 48.7 Å². The minimum absolute atomic E-state index is 0.0198. The average molecular weight is 1030 g/mol. The third-order valence-electron chi connectivity index (χ3n) is 13.6. The summed E-state index contributed by atoms with van der Waals surface area (Å²) in [6.07, 6.45) is 8.90. The molecule has 4 aromatic carbocycles. The lowest BCUT2D eigenvalue weighted by atomic mass is 9.90. The summed E-state index contributed by atoms with van der Waals surface area (Å²) < 4.78 is 119. The molecule has 2 aliphatic carbocycles. The second-order valence-corrected chi connectivity index (χ2v) is 22.8. The summed E-state index contributed by atoms with van der Waals surface area (Å²) in [6, 6.07) is 16.0. The third-order valence-corrected chi connectivity index (χ3v) is 18.8. The molecule has 0 atom stereocenters. The number of piperidine rings is 2. The number of nitrogens with two attached hydrogens (primary N) is 1. The number of carbonyl (C=O) groups is 2. The zero-order chi connectivity index (χ0) is 48.9. The maximum Gasteiger partial charge on any atom is 0.337 e. The average Bonchev–Trinajstić information content (AvgIpc) is 3.29. The molecule has 2 aliphatic heterocycles. The molecule has 20 heteroatoms. The van der Waals surface area contributed by atoms with E-state index in [0.29, 0.717) is 63.9 Å². The SMILES string of the molecule is COC(=O)c1ccc(CN(c2ccc(F)c(Cl)c2)S(=O)(=O)C2CCN(C3CCC3)CC2)c(F)c1.NCC(=O)c1ccc(CN(c2ccc(F)c(Cl)c2)S(=O)(=O)C2CCN(C3CCC3)CC2)c(F)c1. The van der Waals surface area contributed by atoms with Crippen molar-refractivity contribution in [2.45, 2.75) is 99.9 Å². The molecule has 12 nitrogen and oxygen atoms in total. The lowest BCUT2D eigenvalue weighted by Crippen LogP contribution is -2.49. The highest BCUT2D eigenvalue weighted by Crippen LogP contribution is 2.36. The molecule has 0 spiro atoms. The predicted octanol–water partition coefficient (Wildman–Crippen LogP) is 8.87. The third kappa shape index (κ3) is 11.6. The first-order valence-electron chi connectivity index (χ1n) is 22.7. The summed E-state index contributed by atoms with van der Waals surface area (Å²) in [5.74, 6) is -3.92. The maximum atomic E-state index is 14.9. The smallest absolute Gasteiger partial charge is 0.337 e. The van der Waals surface area contributed by atoms with Gasteiger partial charge >= 0.3 is 5.97 Å². The minimum Gasteiger partial charge on any atom is -0.465 e. The van der Waals surface area contributed by atoms with Gasteiger partial charge in [0.05, 0.1) is 64.2 Å². The Morgan fingerprint density at radius 1 is 0.603 bits per heavy atom. The Morgan fingerprint density at radius 3 is 1.34 bits per heavy atom. The molecule has 0 unspecified atom stereocenters. The Labute approximate surface area is 405 Å². The molecule has 2 heterocycles. The van der Waals surface area contributed by atoms with Gasteiger partial charge in [-0.05, 0) is 132 Å². The van der Waals surface area contributed by atoms with Crippen LogP contribution < -0.4 is 14.3 Å². The van der Waals surface area contributed by atoms with E-state index in [-0.39, 0.29) is 63.3 Å². The molecular weight excluding hydrogens is 970 g/mol. The molecule has 0 bridgehead atoms. The highest BCUT2D eigenvalue weighted by Gasteiger charge is 2.40. The van der Waals surface area contributed by atoms with Crippen LogP contribution in [0.1, 0.15) is 96.1 Å². The van der Waals surface area contributed by atoms with Crippen LogP contribution in [-0.2, 0) is 37.9 Å². The van der Waals surface area contributed by atoms with Crippen LogP contribution in [0, 0.1) is 23.3 Å². The Hall–Kier alpha value is -4.30. The van der Waals surface area contributed by atoms with Gasteiger partial charge in [0.2, 0.25) is 20.0 Å². The van der Waals surface area contributed by atoms with Gasteiger partial charge < -0.3 is 20.3 Å². The van der Waals surface area contributed by atoms with Crippen LogP contribution in [0.5, 0.6) is 0 Å². The number of methoxy groups -OCH3 is 1. The van der Waals surface area contributed by atoms with Crippen LogP contribution in [0.25, 0.3) is 0 Å². The van der Waals surface area contributed by atoms with Crippen LogP contribution in [0.2, 0.25) is 10.0 Å².